The highest BCUT2D eigenvalue weighted by Gasteiger charge is 2.24. The third-order valence-corrected chi connectivity index (χ3v) is 7.77. The molecule has 2 heteroatoms. The molecule has 0 aliphatic heterocycles. The molecule has 3 aromatic carbocycles. The van der Waals surface area contributed by atoms with Crippen molar-refractivity contribution in [1.82, 2.24) is 0 Å². The highest BCUT2D eigenvalue weighted by atomic mass is 32.2. The Bertz CT molecular complexity index is 1030. The molecule has 0 unspecified atom stereocenters. The number of rotatable bonds is 9. The molecule has 188 valence electrons. The maximum atomic E-state index is 2.46. The van der Waals surface area contributed by atoms with Crippen LogP contribution in [0.2, 0.25) is 0 Å². The minimum Gasteiger partial charge on any atom is -0.341 e. The standard InChI is InChI=1S/C33H45NS/c1-25-17-19-28(20-18-25)34(27-15-11-9-12-16-27)21-13-10-14-22-35-29-23-30(32(3,4)5)26(2)31(24-29)33(6,7)8/h9,11-12,15-20,23-24H,10,13-14,21-22H2,1-8H3. The molecular weight excluding hydrogens is 442 g/mol. The molecule has 0 bridgehead atoms. The van der Waals surface area contributed by atoms with Crippen LogP contribution in [-0.4, -0.2) is 12.3 Å². The molecule has 0 radical (unpaired) electrons. The summed E-state index contributed by atoms with van der Waals surface area (Å²) in [6.45, 7) is 19.5. The van der Waals surface area contributed by atoms with Gasteiger partial charge in [-0.15, -0.1) is 11.8 Å². The van der Waals surface area contributed by atoms with Gasteiger partial charge in [-0.25, -0.2) is 0 Å². The van der Waals surface area contributed by atoms with Crippen molar-refractivity contribution in [2.24, 2.45) is 0 Å². The second-order valence-corrected chi connectivity index (χ2v) is 13.0. The van der Waals surface area contributed by atoms with Crippen LogP contribution in [0.1, 0.15) is 83.1 Å². The second kappa shape index (κ2) is 11.7. The predicted molar refractivity (Wildman–Crippen MR) is 158 cm³/mol. The van der Waals surface area contributed by atoms with E-state index < -0.39 is 0 Å². The van der Waals surface area contributed by atoms with E-state index in [9.17, 15) is 0 Å². The maximum absolute atomic E-state index is 2.46. The average molecular weight is 488 g/mol. The number of para-hydroxylation sites is 1. The van der Waals surface area contributed by atoms with E-state index in [2.05, 4.69) is 127 Å². The Labute approximate surface area is 219 Å². The molecule has 0 aromatic heterocycles. The van der Waals surface area contributed by atoms with Crippen LogP contribution in [0.25, 0.3) is 0 Å². The van der Waals surface area contributed by atoms with Crippen LogP contribution in [0, 0.1) is 13.8 Å². The summed E-state index contributed by atoms with van der Waals surface area (Å²) >= 11 is 2.03. The molecule has 0 aliphatic rings. The monoisotopic (exact) mass is 487 g/mol. The summed E-state index contributed by atoms with van der Waals surface area (Å²) < 4.78 is 0. The van der Waals surface area contributed by atoms with Gasteiger partial charge >= 0.3 is 0 Å². The van der Waals surface area contributed by atoms with E-state index in [0.29, 0.717) is 0 Å². The molecule has 0 aliphatic carbocycles. The molecule has 35 heavy (non-hydrogen) atoms. The minimum absolute atomic E-state index is 0.164. The van der Waals surface area contributed by atoms with Crippen molar-refractivity contribution in [3.63, 3.8) is 0 Å². The lowest BCUT2D eigenvalue weighted by Gasteiger charge is -2.29. The van der Waals surface area contributed by atoms with E-state index >= 15 is 0 Å². The summed E-state index contributed by atoms with van der Waals surface area (Å²) in [7, 11) is 0. The molecule has 0 spiro atoms. The van der Waals surface area contributed by atoms with Crippen molar-refractivity contribution in [3.05, 3.63) is 89.0 Å². The molecular formula is C33H45NS. The van der Waals surface area contributed by atoms with Crippen LogP contribution in [0.3, 0.4) is 0 Å². The highest BCUT2D eigenvalue weighted by molar-refractivity contribution is 7.99. The van der Waals surface area contributed by atoms with E-state index in [-0.39, 0.29) is 10.8 Å². The Hall–Kier alpha value is -2.19. The molecule has 0 amide bonds. The molecule has 0 N–H and O–H groups in total. The van der Waals surface area contributed by atoms with Gasteiger partial charge in [0.15, 0.2) is 0 Å². The molecule has 0 atom stereocenters. The van der Waals surface area contributed by atoms with Crippen LogP contribution in [0.15, 0.2) is 71.6 Å². The zero-order valence-corrected chi connectivity index (χ0v) is 24.1. The lowest BCUT2D eigenvalue weighted by molar-refractivity contribution is 0.558. The van der Waals surface area contributed by atoms with Gasteiger partial charge in [-0.3, -0.25) is 0 Å². The third-order valence-electron chi connectivity index (χ3n) is 6.71. The Morgan fingerprint density at radius 2 is 1.20 bits per heavy atom. The van der Waals surface area contributed by atoms with E-state index in [0.717, 1.165) is 6.54 Å². The van der Waals surface area contributed by atoms with E-state index in [1.165, 1.54) is 63.5 Å². The number of nitrogens with zero attached hydrogens (tertiary/aromatic N) is 1. The molecule has 3 aromatic rings. The fourth-order valence-electron chi connectivity index (χ4n) is 4.81. The lowest BCUT2D eigenvalue weighted by Crippen LogP contribution is -2.19. The first-order valence-electron chi connectivity index (χ1n) is 13.1. The smallest absolute Gasteiger partial charge is 0.0410 e. The van der Waals surface area contributed by atoms with Crippen LogP contribution >= 0.6 is 11.8 Å². The van der Waals surface area contributed by atoms with Crippen molar-refractivity contribution >= 4 is 23.1 Å². The zero-order valence-electron chi connectivity index (χ0n) is 23.2. The quantitative estimate of drug-likeness (QED) is 0.218. The summed E-state index contributed by atoms with van der Waals surface area (Å²) in [5, 5.41) is 0. The summed E-state index contributed by atoms with van der Waals surface area (Å²) in [5.74, 6) is 1.17. The maximum Gasteiger partial charge on any atom is 0.0410 e. The van der Waals surface area contributed by atoms with Gasteiger partial charge < -0.3 is 4.90 Å². The highest BCUT2D eigenvalue weighted by Crippen LogP contribution is 2.37. The number of hydrogen-bond donors (Lipinski definition) is 0. The van der Waals surface area contributed by atoms with E-state index in [4.69, 9.17) is 0 Å². The Morgan fingerprint density at radius 1 is 0.657 bits per heavy atom. The number of unbranched alkanes of at least 4 members (excludes halogenated alkanes) is 2. The first kappa shape index (κ1) is 27.4. The van der Waals surface area contributed by atoms with Crippen LogP contribution in [-0.2, 0) is 10.8 Å². The van der Waals surface area contributed by atoms with Gasteiger partial charge in [0.05, 0.1) is 0 Å². The Balaban J connectivity index is 1.60. The Morgan fingerprint density at radius 3 is 1.74 bits per heavy atom. The van der Waals surface area contributed by atoms with E-state index in [1.807, 2.05) is 11.8 Å². The normalized spacial score (nSPS) is 12.1. The van der Waals surface area contributed by atoms with Gasteiger partial charge in [0.25, 0.3) is 0 Å². The van der Waals surface area contributed by atoms with Gasteiger partial charge in [-0.2, -0.15) is 0 Å². The molecule has 0 heterocycles. The summed E-state index contributed by atoms with van der Waals surface area (Å²) in [6, 6.07) is 24.6. The second-order valence-electron chi connectivity index (χ2n) is 11.9. The van der Waals surface area contributed by atoms with Gasteiger partial charge in [0.1, 0.15) is 0 Å². The van der Waals surface area contributed by atoms with Crippen LogP contribution in [0.5, 0.6) is 0 Å². The van der Waals surface area contributed by atoms with Crippen molar-refractivity contribution < 1.29 is 0 Å². The van der Waals surface area contributed by atoms with Crippen molar-refractivity contribution in [1.29, 1.82) is 0 Å². The van der Waals surface area contributed by atoms with Crippen LogP contribution in [0.4, 0.5) is 11.4 Å². The molecule has 0 saturated carbocycles. The third kappa shape index (κ3) is 7.64. The largest absolute Gasteiger partial charge is 0.341 e. The number of benzene rings is 3. The summed E-state index contributed by atoms with van der Waals surface area (Å²) in [5.41, 5.74) is 8.63. The fourth-order valence-corrected chi connectivity index (χ4v) is 5.79. The van der Waals surface area contributed by atoms with Crippen LogP contribution < -0.4 is 4.90 Å². The van der Waals surface area contributed by atoms with Gasteiger partial charge in [-0.1, -0.05) is 83.9 Å². The number of thioether (sulfide) groups is 1. The molecule has 1 nitrogen and oxygen atoms in total. The van der Waals surface area contributed by atoms with Crippen molar-refractivity contribution in [2.45, 2.75) is 90.4 Å². The zero-order chi connectivity index (χ0) is 25.6. The fraction of sp³-hybridized carbons (Fsp3) is 0.455. The topological polar surface area (TPSA) is 3.24 Å². The first-order valence-corrected chi connectivity index (χ1v) is 14.1. The number of hydrogen-bond acceptors (Lipinski definition) is 2. The van der Waals surface area contributed by atoms with Crippen molar-refractivity contribution in [2.75, 3.05) is 17.2 Å². The summed E-state index contributed by atoms with van der Waals surface area (Å²) in [6.07, 6.45) is 3.68. The average Bonchev–Trinajstić information content (AvgIpc) is 2.79. The minimum atomic E-state index is 0.164. The molecule has 0 fully saturated rings. The molecule has 0 saturated heterocycles. The summed E-state index contributed by atoms with van der Waals surface area (Å²) in [4.78, 5) is 3.88. The predicted octanol–water partition coefficient (Wildman–Crippen LogP) is 10.00. The SMILES string of the molecule is Cc1ccc(N(CCCCCSc2cc(C(C)(C)C)c(C)c(C(C)(C)C)c2)c2ccccc2)cc1. The van der Waals surface area contributed by atoms with Gasteiger partial charge in [0, 0.05) is 22.8 Å². The van der Waals surface area contributed by atoms with E-state index in [1.54, 1.807) is 0 Å². The van der Waals surface area contributed by atoms with Gasteiger partial charge in [0.2, 0.25) is 0 Å². The van der Waals surface area contributed by atoms with Gasteiger partial charge in [-0.05, 0) is 96.4 Å². The number of aryl methyl sites for hydroxylation is 1. The van der Waals surface area contributed by atoms with Crippen molar-refractivity contribution in [3.8, 4) is 0 Å². The Kier molecular flexibility index (Phi) is 9.16. The molecule has 3 rings (SSSR count). The first-order chi connectivity index (χ1) is 16.5. The lowest BCUT2D eigenvalue weighted by atomic mass is 9.77. The number of anilines is 2.